The standard InChI is InChI=1S/C27H32N2O5/c30-25(31)10-5-15-28-26(32)19-13-11-18(12-14-19)16-29-27(33)34-17-24-22-8-3-1-6-20(22)21-7-2-4-9-23(21)24/h1-4,6-9,18-19,24H,5,10-17H2,(H,28,32)(H,29,33)(H,30,31). The Balaban J connectivity index is 1.17. The van der Waals surface area contributed by atoms with Gasteiger partial charge in [-0.15, -0.1) is 0 Å². The zero-order valence-corrected chi connectivity index (χ0v) is 19.3. The molecule has 2 aromatic carbocycles. The minimum Gasteiger partial charge on any atom is -0.481 e. The number of carboxylic acid groups (broad SMARTS) is 1. The minimum atomic E-state index is -0.848. The van der Waals surface area contributed by atoms with Crippen molar-refractivity contribution in [3.05, 3.63) is 59.7 Å². The average Bonchev–Trinajstić information content (AvgIpc) is 3.18. The number of amides is 2. The Morgan fingerprint density at radius 1 is 0.882 bits per heavy atom. The zero-order valence-electron chi connectivity index (χ0n) is 19.3. The summed E-state index contributed by atoms with van der Waals surface area (Å²) >= 11 is 0. The van der Waals surface area contributed by atoms with Crippen molar-refractivity contribution in [2.75, 3.05) is 19.7 Å². The minimum absolute atomic E-state index is 0.00772. The lowest BCUT2D eigenvalue weighted by molar-refractivity contribution is -0.137. The quantitative estimate of drug-likeness (QED) is 0.480. The molecule has 34 heavy (non-hydrogen) atoms. The van der Waals surface area contributed by atoms with Crippen molar-refractivity contribution < 1.29 is 24.2 Å². The summed E-state index contributed by atoms with van der Waals surface area (Å²) in [5, 5.41) is 14.4. The number of rotatable bonds is 9. The van der Waals surface area contributed by atoms with Crippen LogP contribution in [0.1, 0.15) is 55.6 Å². The predicted molar refractivity (Wildman–Crippen MR) is 128 cm³/mol. The summed E-state index contributed by atoms with van der Waals surface area (Å²) in [6.07, 6.45) is 3.41. The summed E-state index contributed by atoms with van der Waals surface area (Å²) in [5.74, 6) is -0.498. The van der Waals surface area contributed by atoms with E-state index in [1.165, 1.54) is 22.3 Å². The molecule has 0 atom stereocenters. The molecule has 180 valence electrons. The number of hydrogen-bond donors (Lipinski definition) is 3. The average molecular weight is 465 g/mol. The van der Waals surface area contributed by atoms with Crippen LogP contribution < -0.4 is 10.6 Å². The maximum absolute atomic E-state index is 12.4. The Morgan fingerprint density at radius 2 is 1.50 bits per heavy atom. The topological polar surface area (TPSA) is 105 Å². The first-order valence-electron chi connectivity index (χ1n) is 12.1. The first-order chi connectivity index (χ1) is 16.5. The molecule has 2 aliphatic rings. The largest absolute Gasteiger partial charge is 0.481 e. The first-order valence-corrected chi connectivity index (χ1v) is 12.1. The second-order valence-corrected chi connectivity index (χ2v) is 9.21. The number of carbonyl (C=O) groups is 3. The summed E-state index contributed by atoms with van der Waals surface area (Å²) in [5.41, 5.74) is 4.79. The van der Waals surface area contributed by atoms with Gasteiger partial charge in [-0.25, -0.2) is 4.79 Å². The predicted octanol–water partition coefficient (Wildman–Crippen LogP) is 4.31. The molecule has 0 radical (unpaired) electrons. The lowest BCUT2D eigenvalue weighted by Gasteiger charge is -2.27. The van der Waals surface area contributed by atoms with Crippen LogP contribution in [0.3, 0.4) is 0 Å². The van der Waals surface area contributed by atoms with Crippen molar-refractivity contribution in [1.82, 2.24) is 10.6 Å². The summed E-state index contributed by atoms with van der Waals surface area (Å²) in [7, 11) is 0. The van der Waals surface area contributed by atoms with Gasteiger partial charge in [0.1, 0.15) is 6.61 Å². The summed E-state index contributed by atoms with van der Waals surface area (Å²) in [4.78, 5) is 35.2. The van der Waals surface area contributed by atoms with E-state index >= 15 is 0 Å². The van der Waals surface area contributed by atoms with E-state index in [0.29, 0.717) is 32.0 Å². The van der Waals surface area contributed by atoms with Crippen molar-refractivity contribution in [1.29, 1.82) is 0 Å². The fourth-order valence-corrected chi connectivity index (χ4v) is 5.10. The molecule has 2 amide bonds. The van der Waals surface area contributed by atoms with Crippen LogP contribution >= 0.6 is 0 Å². The number of carbonyl (C=O) groups excluding carboxylic acids is 2. The molecule has 0 heterocycles. The lowest BCUT2D eigenvalue weighted by Crippen LogP contribution is -2.36. The molecule has 0 unspecified atom stereocenters. The van der Waals surface area contributed by atoms with E-state index < -0.39 is 12.1 Å². The van der Waals surface area contributed by atoms with Gasteiger partial charge in [0, 0.05) is 31.3 Å². The van der Waals surface area contributed by atoms with Crippen LogP contribution in [0, 0.1) is 11.8 Å². The highest BCUT2D eigenvalue weighted by Crippen LogP contribution is 2.44. The van der Waals surface area contributed by atoms with Crippen LogP contribution in [-0.2, 0) is 14.3 Å². The van der Waals surface area contributed by atoms with E-state index in [4.69, 9.17) is 9.84 Å². The van der Waals surface area contributed by atoms with Crippen molar-refractivity contribution >= 4 is 18.0 Å². The fourth-order valence-electron chi connectivity index (χ4n) is 5.10. The highest BCUT2D eigenvalue weighted by atomic mass is 16.5. The van der Waals surface area contributed by atoms with Gasteiger partial charge in [0.15, 0.2) is 0 Å². The van der Waals surface area contributed by atoms with Crippen LogP contribution in [0.15, 0.2) is 48.5 Å². The summed E-state index contributed by atoms with van der Waals surface area (Å²) < 4.78 is 5.61. The van der Waals surface area contributed by atoms with E-state index in [1.54, 1.807) is 0 Å². The fraction of sp³-hybridized carbons (Fsp3) is 0.444. The van der Waals surface area contributed by atoms with Gasteiger partial charge < -0.3 is 20.5 Å². The third kappa shape index (κ3) is 5.76. The van der Waals surface area contributed by atoms with Crippen molar-refractivity contribution in [2.24, 2.45) is 11.8 Å². The molecule has 3 N–H and O–H groups in total. The van der Waals surface area contributed by atoms with E-state index in [0.717, 1.165) is 25.7 Å². The van der Waals surface area contributed by atoms with Crippen LogP contribution in [-0.4, -0.2) is 42.8 Å². The SMILES string of the molecule is O=C(O)CCCNC(=O)C1CCC(CNC(=O)OCC2c3ccccc3-c3ccccc32)CC1. The molecule has 0 bridgehead atoms. The highest BCUT2D eigenvalue weighted by molar-refractivity contribution is 5.79. The molecular weight excluding hydrogens is 432 g/mol. The molecule has 1 saturated carbocycles. The molecule has 1 fully saturated rings. The van der Waals surface area contributed by atoms with E-state index in [9.17, 15) is 14.4 Å². The van der Waals surface area contributed by atoms with E-state index in [-0.39, 0.29) is 24.2 Å². The monoisotopic (exact) mass is 464 g/mol. The second-order valence-electron chi connectivity index (χ2n) is 9.21. The number of hydrogen-bond acceptors (Lipinski definition) is 4. The number of ether oxygens (including phenoxy) is 1. The number of aliphatic carboxylic acids is 1. The Kier molecular flexibility index (Phi) is 7.83. The number of benzene rings is 2. The van der Waals surface area contributed by atoms with Crippen LogP contribution in [0.25, 0.3) is 11.1 Å². The smallest absolute Gasteiger partial charge is 0.407 e. The van der Waals surface area contributed by atoms with Crippen LogP contribution in [0.4, 0.5) is 4.79 Å². The number of fused-ring (bicyclic) bond motifs is 3. The Hall–Kier alpha value is -3.35. The Morgan fingerprint density at radius 3 is 2.12 bits per heavy atom. The molecule has 4 rings (SSSR count). The summed E-state index contributed by atoms with van der Waals surface area (Å²) in [6, 6.07) is 16.5. The van der Waals surface area contributed by atoms with Gasteiger partial charge in [-0.05, 0) is 60.3 Å². The van der Waals surface area contributed by atoms with Gasteiger partial charge in [-0.1, -0.05) is 48.5 Å². The van der Waals surface area contributed by atoms with Gasteiger partial charge in [0.2, 0.25) is 5.91 Å². The van der Waals surface area contributed by atoms with Crippen LogP contribution in [0.2, 0.25) is 0 Å². The molecule has 0 spiro atoms. The van der Waals surface area contributed by atoms with Gasteiger partial charge in [0.05, 0.1) is 0 Å². The highest BCUT2D eigenvalue weighted by Gasteiger charge is 2.29. The van der Waals surface area contributed by atoms with Gasteiger partial charge in [-0.2, -0.15) is 0 Å². The van der Waals surface area contributed by atoms with E-state index in [2.05, 4.69) is 34.9 Å². The molecule has 2 aliphatic carbocycles. The molecule has 7 heteroatoms. The van der Waals surface area contributed by atoms with E-state index in [1.807, 2.05) is 24.3 Å². The maximum atomic E-state index is 12.4. The van der Waals surface area contributed by atoms with Crippen LogP contribution in [0.5, 0.6) is 0 Å². The third-order valence-corrected chi connectivity index (χ3v) is 6.96. The lowest BCUT2D eigenvalue weighted by atomic mass is 9.81. The normalized spacial score (nSPS) is 19.1. The summed E-state index contributed by atoms with van der Waals surface area (Å²) in [6.45, 7) is 1.24. The molecule has 7 nitrogen and oxygen atoms in total. The van der Waals surface area contributed by atoms with Gasteiger partial charge in [-0.3, -0.25) is 9.59 Å². The van der Waals surface area contributed by atoms with Gasteiger partial charge >= 0.3 is 12.1 Å². The third-order valence-electron chi connectivity index (χ3n) is 6.96. The molecule has 2 aromatic rings. The number of nitrogens with one attached hydrogen (secondary N) is 2. The Bertz CT molecular complexity index is 984. The zero-order chi connectivity index (χ0) is 23.9. The molecule has 0 aliphatic heterocycles. The number of carboxylic acids is 1. The molecule has 0 saturated heterocycles. The van der Waals surface area contributed by atoms with Crippen molar-refractivity contribution in [2.45, 2.75) is 44.4 Å². The maximum Gasteiger partial charge on any atom is 0.407 e. The van der Waals surface area contributed by atoms with Crippen molar-refractivity contribution in [3.63, 3.8) is 0 Å². The van der Waals surface area contributed by atoms with Gasteiger partial charge in [0.25, 0.3) is 0 Å². The number of alkyl carbamates (subject to hydrolysis) is 1. The molecule has 0 aromatic heterocycles. The first kappa shape index (κ1) is 23.8. The van der Waals surface area contributed by atoms with Crippen molar-refractivity contribution in [3.8, 4) is 11.1 Å². The second kappa shape index (κ2) is 11.2. The Labute approximate surface area is 199 Å². The molecular formula is C27H32N2O5.